The third-order valence-corrected chi connectivity index (χ3v) is 5.08. The number of aliphatic hydroxyl groups is 1. The Kier molecular flexibility index (Phi) is 5.02. The lowest BCUT2D eigenvalue weighted by atomic mass is 9.98. The molecule has 0 spiro atoms. The van der Waals surface area contributed by atoms with Crippen molar-refractivity contribution in [2.45, 2.75) is 6.92 Å². The van der Waals surface area contributed by atoms with Crippen LogP contribution in [0.2, 0.25) is 0 Å². The summed E-state index contributed by atoms with van der Waals surface area (Å²) in [5, 5.41) is 13.5. The van der Waals surface area contributed by atoms with Gasteiger partial charge in [-0.25, -0.2) is 9.97 Å². The van der Waals surface area contributed by atoms with Crippen molar-refractivity contribution < 1.29 is 9.84 Å². The summed E-state index contributed by atoms with van der Waals surface area (Å²) in [6.45, 7) is 1.76. The van der Waals surface area contributed by atoms with E-state index in [2.05, 4.69) is 15.3 Å². The number of aliphatic hydroxyl groups excluding tert-OH is 1. The van der Waals surface area contributed by atoms with Gasteiger partial charge in [-0.05, 0) is 48.4 Å². The molecule has 30 heavy (non-hydrogen) atoms. The summed E-state index contributed by atoms with van der Waals surface area (Å²) in [6, 6.07) is 15.7. The van der Waals surface area contributed by atoms with Gasteiger partial charge in [0.2, 0.25) is 0 Å². The van der Waals surface area contributed by atoms with Gasteiger partial charge in [0.05, 0.1) is 18.2 Å². The number of ether oxygens (including phenoxy) is 1. The van der Waals surface area contributed by atoms with Crippen LogP contribution in [0.4, 0.5) is 11.5 Å². The summed E-state index contributed by atoms with van der Waals surface area (Å²) >= 11 is 0. The van der Waals surface area contributed by atoms with Gasteiger partial charge in [0.1, 0.15) is 23.5 Å². The van der Waals surface area contributed by atoms with Crippen LogP contribution < -0.4 is 15.8 Å². The highest BCUT2D eigenvalue weighted by Crippen LogP contribution is 2.42. The molecular weight excluding hydrogens is 378 g/mol. The van der Waals surface area contributed by atoms with Crippen molar-refractivity contribution in [1.29, 1.82) is 0 Å². The molecule has 2 aromatic carbocycles. The zero-order valence-electron chi connectivity index (χ0n) is 17.0. The molecule has 0 saturated carbocycles. The predicted molar refractivity (Wildman–Crippen MR) is 120 cm³/mol. The number of hydrogen-bond acceptors (Lipinski definition) is 6. The maximum atomic E-state index is 9.71. The lowest BCUT2D eigenvalue weighted by Gasteiger charge is -2.11. The summed E-state index contributed by atoms with van der Waals surface area (Å²) < 4.78 is 7.33. The zero-order valence-corrected chi connectivity index (χ0v) is 17.0. The molecule has 2 aromatic heterocycles. The Morgan fingerprint density at radius 3 is 2.37 bits per heavy atom. The van der Waals surface area contributed by atoms with Crippen LogP contribution in [0.5, 0.6) is 5.75 Å². The van der Waals surface area contributed by atoms with Gasteiger partial charge in [0.15, 0.2) is 5.88 Å². The van der Waals surface area contributed by atoms with E-state index in [-0.39, 0.29) is 5.88 Å². The van der Waals surface area contributed by atoms with Crippen molar-refractivity contribution in [2.24, 2.45) is 7.05 Å². The number of rotatable bonds is 5. The fraction of sp³-hybridized carbons (Fsp3) is 0.130. The average molecular weight is 401 g/mol. The second-order valence-corrected chi connectivity index (χ2v) is 6.84. The molecule has 0 amide bonds. The number of nitrogens with one attached hydrogen (secondary N) is 1. The minimum absolute atomic E-state index is 0.106. The van der Waals surface area contributed by atoms with E-state index in [1.54, 1.807) is 20.1 Å². The van der Waals surface area contributed by atoms with Crippen molar-refractivity contribution in [3.8, 4) is 28.1 Å². The SMILES string of the molecule is C/C=C(/O)Nc1ccc(-c2c(-c3ccc(OC)cc3)c3c(N)ncnc3n2C)cc1. The van der Waals surface area contributed by atoms with Gasteiger partial charge >= 0.3 is 0 Å². The van der Waals surface area contributed by atoms with Gasteiger partial charge in [0.25, 0.3) is 0 Å². The number of nitrogen functional groups attached to an aromatic ring is 1. The molecule has 7 heteroatoms. The number of aryl methyl sites for hydroxylation is 1. The Hall–Kier alpha value is -4.00. The van der Waals surface area contributed by atoms with Crippen LogP contribution in [0.25, 0.3) is 33.4 Å². The Labute approximate surface area is 174 Å². The summed E-state index contributed by atoms with van der Waals surface area (Å²) in [5.74, 6) is 1.32. The molecule has 0 fully saturated rings. The number of aromatic nitrogens is 3. The quantitative estimate of drug-likeness (QED) is 0.419. The molecule has 7 nitrogen and oxygen atoms in total. The van der Waals surface area contributed by atoms with Crippen molar-refractivity contribution in [3.63, 3.8) is 0 Å². The first-order chi connectivity index (χ1) is 14.5. The second-order valence-electron chi connectivity index (χ2n) is 6.84. The number of fused-ring (bicyclic) bond motifs is 1. The highest BCUT2D eigenvalue weighted by molar-refractivity contribution is 6.07. The molecular formula is C23H23N5O2. The Morgan fingerprint density at radius 1 is 1.07 bits per heavy atom. The van der Waals surface area contributed by atoms with Crippen LogP contribution in [-0.4, -0.2) is 26.8 Å². The number of methoxy groups -OCH3 is 1. The van der Waals surface area contributed by atoms with E-state index in [0.29, 0.717) is 5.82 Å². The van der Waals surface area contributed by atoms with Crippen LogP contribution in [0.3, 0.4) is 0 Å². The first-order valence-electron chi connectivity index (χ1n) is 9.49. The number of benzene rings is 2. The van der Waals surface area contributed by atoms with E-state index < -0.39 is 0 Å². The second kappa shape index (κ2) is 7.79. The normalized spacial score (nSPS) is 11.6. The zero-order chi connectivity index (χ0) is 21.3. The van der Waals surface area contributed by atoms with Crippen LogP contribution in [0.1, 0.15) is 6.92 Å². The van der Waals surface area contributed by atoms with Gasteiger partial charge in [-0.2, -0.15) is 0 Å². The molecule has 0 saturated heterocycles. The van der Waals surface area contributed by atoms with E-state index >= 15 is 0 Å². The van der Waals surface area contributed by atoms with Crippen LogP contribution in [0.15, 0.2) is 66.8 Å². The topological polar surface area (TPSA) is 98.2 Å². The number of anilines is 2. The third-order valence-electron chi connectivity index (χ3n) is 5.08. The number of nitrogens with zero attached hydrogens (tertiary/aromatic N) is 3. The van der Waals surface area contributed by atoms with Crippen molar-refractivity contribution in [1.82, 2.24) is 14.5 Å². The minimum Gasteiger partial charge on any atom is -0.497 e. The van der Waals surface area contributed by atoms with Gasteiger partial charge in [-0.1, -0.05) is 24.3 Å². The van der Waals surface area contributed by atoms with Crippen LogP contribution in [0, 0.1) is 0 Å². The maximum Gasteiger partial charge on any atom is 0.184 e. The highest BCUT2D eigenvalue weighted by atomic mass is 16.5. The molecule has 0 atom stereocenters. The molecule has 2 heterocycles. The standard InChI is InChI=1S/C23H23N5O2/c1-4-18(29)27-16-9-5-15(6-10-16)21-19(14-7-11-17(30-3)12-8-14)20-22(24)25-13-26-23(20)28(21)2/h4-13,27,29H,1-3H3,(H2,24,25,26)/b18-4+. The molecule has 0 aliphatic heterocycles. The Morgan fingerprint density at radius 2 is 1.73 bits per heavy atom. The van der Waals surface area contributed by atoms with E-state index in [1.807, 2.05) is 60.1 Å². The van der Waals surface area contributed by atoms with Gasteiger partial charge in [-0.15, -0.1) is 0 Å². The average Bonchev–Trinajstić information content (AvgIpc) is 3.08. The molecule has 4 rings (SSSR count). The van der Waals surface area contributed by atoms with E-state index in [4.69, 9.17) is 10.5 Å². The lowest BCUT2D eigenvalue weighted by Crippen LogP contribution is -1.98. The lowest BCUT2D eigenvalue weighted by molar-refractivity contribution is 0.415. The summed E-state index contributed by atoms with van der Waals surface area (Å²) in [6.07, 6.45) is 3.08. The first kappa shape index (κ1) is 19.3. The molecule has 4 aromatic rings. The number of nitrogens with two attached hydrogens (primary N) is 1. The van der Waals surface area contributed by atoms with Crippen molar-refractivity contribution >= 4 is 22.5 Å². The van der Waals surface area contributed by atoms with Crippen LogP contribution >= 0.6 is 0 Å². The van der Waals surface area contributed by atoms with Crippen LogP contribution in [-0.2, 0) is 7.05 Å². The third kappa shape index (κ3) is 3.30. The largest absolute Gasteiger partial charge is 0.497 e. The maximum absolute atomic E-state index is 9.71. The molecule has 0 aliphatic carbocycles. The van der Waals surface area contributed by atoms with Gasteiger partial charge in [-0.3, -0.25) is 0 Å². The molecule has 4 N–H and O–H groups in total. The predicted octanol–water partition coefficient (Wildman–Crippen LogP) is 4.72. The highest BCUT2D eigenvalue weighted by Gasteiger charge is 2.21. The van der Waals surface area contributed by atoms with E-state index in [0.717, 1.165) is 44.9 Å². The molecule has 0 radical (unpaired) electrons. The fourth-order valence-electron chi connectivity index (χ4n) is 3.58. The Bertz CT molecular complexity index is 1230. The minimum atomic E-state index is 0.106. The monoisotopic (exact) mass is 401 g/mol. The summed E-state index contributed by atoms with van der Waals surface area (Å²) in [5.41, 5.74) is 11.7. The molecule has 152 valence electrons. The number of hydrogen-bond donors (Lipinski definition) is 3. The van der Waals surface area contributed by atoms with Gasteiger partial charge in [0, 0.05) is 18.3 Å². The van der Waals surface area contributed by atoms with Crippen molar-refractivity contribution in [3.05, 3.63) is 66.8 Å². The Balaban J connectivity index is 1.93. The molecule has 0 aliphatic rings. The van der Waals surface area contributed by atoms with Crippen molar-refractivity contribution in [2.75, 3.05) is 18.2 Å². The number of allylic oxidation sites excluding steroid dienone is 1. The fourth-order valence-corrected chi connectivity index (χ4v) is 3.58. The summed E-state index contributed by atoms with van der Waals surface area (Å²) in [7, 11) is 3.61. The first-order valence-corrected chi connectivity index (χ1v) is 9.49. The smallest absolute Gasteiger partial charge is 0.184 e. The summed E-state index contributed by atoms with van der Waals surface area (Å²) in [4.78, 5) is 8.69. The molecule has 0 bridgehead atoms. The van der Waals surface area contributed by atoms with E-state index in [1.165, 1.54) is 6.33 Å². The van der Waals surface area contributed by atoms with Gasteiger partial charge < -0.3 is 25.5 Å². The molecule has 0 unspecified atom stereocenters. The van der Waals surface area contributed by atoms with E-state index in [9.17, 15) is 5.11 Å².